The Balaban J connectivity index is 2.30. The van der Waals surface area contributed by atoms with Gasteiger partial charge in [-0.2, -0.15) is 0 Å². The van der Waals surface area contributed by atoms with E-state index < -0.39 is 18.4 Å². The highest BCUT2D eigenvalue weighted by Gasteiger charge is 2.19. The van der Waals surface area contributed by atoms with Crippen LogP contribution in [0.1, 0.15) is 10.5 Å². The molecule has 0 unspecified atom stereocenters. The summed E-state index contributed by atoms with van der Waals surface area (Å²) in [6, 6.07) is 8.36. The molecule has 6 nitrogen and oxygen atoms in total. The van der Waals surface area contributed by atoms with Crippen LogP contribution in [0.15, 0.2) is 36.5 Å². The maximum absolute atomic E-state index is 12.0. The molecule has 0 aliphatic carbocycles. The molecule has 0 fully saturated rings. The number of aromatic hydroxyl groups is 1. The summed E-state index contributed by atoms with van der Waals surface area (Å²) in [5, 5.41) is 19.2. The maximum Gasteiger partial charge on any atom is 0.323 e. The molecule has 0 aliphatic heterocycles. The average molecular weight is 321 g/mol. The van der Waals surface area contributed by atoms with Crippen LogP contribution >= 0.6 is 11.6 Å². The van der Waals surface area contributed by atoms with Crippen molar-refractivity contribution >= 4 is 23.5 Å². The fourth-order valence-electron chi connectivity index (χ4n) is 1.90. The van der Waals surface area contributed by atoms with Crippen LogP contribution in [0.5, 0.6) is 5.75 Å². The number of halogens is 1. The Hall–Kier alpha value is -2.60. The van der Waals surface area contributed by atoms with Gasteiger partial charge in [-0.05, 0) is 23.8 Å². The van der Waals surface area contributed by atoms with E-state index in [0.29, 0.717) is 10.6 Å². The Morgan fingerprint density at radius 1 is 1.27 bits per heavy atom. The predicted molar refractivity (Wildman–Crippen MR) is 80.9 cm³/mol. The van der Waals surface area contributed by atoms with Gasteiger partial charge in [0.05, 0.1) is 0 Å². The van der Waals surface area contributed by atoms with Crippen LogP contribution < -0.4 is 0 Å². The highest BCUT2D eigenvalue weighted by Crippen LogP contribution is 2.27. The minimum absolute atomic E-state index is 0.200. The van der Waals surface area contributed by atoms with Crippen molar-refractivity contribution in [1.29, 1.82) is 0 Å². The van der Waals surface area contributed by atoms with Crippen LogP contribution in [0.4, 0.5) is 0 Å². The third kappa shape index (κ3) is 3.53. The summed E-state index contributed by atoms with van der Waals surface area (Å²) >= 11 is 5.91. The third-order valence-corrected chi connectivity index (χ3v) is 3.18. The lowest BCUT2D eigenvalue weighted by Gasteiger charge is -2.15. The minimum Gasteiger partial charge on any atom is -0.505 e. The normalized spacial score (nSPS) is 10.3. The number of rotatable bonds is 4. The second-order valence-electron chi connectivity index (χ2n) is 4.66. The first kappa shape index (κ1) is 15.8. The molecule has 22 heavy (non-hydrogen) atoms. The molecule has 1 amide bonds. The number of carbonyl (C=O) groups is 2. The molecule has 0 atom stereocenters. The zero-order valence-electron chi connectivity index (χ0n) is 11.7. The molecular weight excluding hydrogens is 308 g/mol. The zero-order valence-corrected chi connectivity index (χ0v) is 12.4. The predicted octanol–water partition coefficient (Wildman–Crippen LogP) is 2.26. The van der Waals surface area contributed by atoms with E-state index in [9.17, 15) is 14.7 Å². The van der Waals surface area contributed by atoms with E-state index in [0.717, 1.165) is 10.5 Å². The number of aliphatic carboxylic acids is 1. The van der Waals surface area contributed by atoms with Gasteiger partial charge in [0.25, 0.3) is 5.91 Å². The van der Waals surface area contributed by atoms with Crippen molar-refractivity contribution in [2.75, 3.05) is 13.6 Å². The van der Waals surface area contributed by atoms with E-state index >= 15 is 0 Å². The lowest BCUT2D eigenvalue weighted by atomic mass is 10.1. The van der Waals surface area contributed by atoms with Gasteiger partial charge in [-0.15, -0.1) is 0 Å². The molecule has 0 bridgehead atoms. The van der Waals surface area contributed by atoms with Gasteiger partial charge >= 0.3 is 5.97 Å². The SMILES string of the molecule is CN(CC(=O)O)C(=O)c1ncc(-c2cccc(Cl)c2)cc1O. The number of benzene rings is 1. The van der Waals surface area contributed by atoms with Crippen molar-refractivity contribution in [2.24, 2.45) is 0 Å². The van der Waals surface area contributed by atoms with Crippen molar-refractivity contribution in [3.8, 4) is 16.9 Å². The summed E-state index contributed by atoms with van der Waals surface area (Å²) < 4.78 is 0. The Kier molecular flexibility index (Phi) is 4.62. The quantitative estimate of drug-likeness (QED) is 0.901. The van der Waals surface area contributed by atoms with Crippen molar-refractivity contribution in [1.82, 2.24) is 9.88 Å². The molecule has 2 N–H and O–H groups in total. The van der Waals surface area contributed by atoms with Crippen LogP contribution in [0.2, 0.25) is 5.02 Å². The van der Waals surface area contributed by atoms with Gasteiger partial charge in [0, 0.05) is 23.8 Å². The number of hydrogen-bond donors (Lipinski definition) is 2. The van der Waals surface area contributed by atoms with E-state index in [2.05, 4.69) is 4.98 Å². The molecule has 7 heteroatoms. The molecule has 0 saturated heterocycles. The van der Waals surface area contributed by atoms with E-state index in [1.165, 1.54) is 19.3 Å². The van der Waals surface area contributed by atoms with E-state index in [1.54, 1.807) is 24.3 Å². The highest BCUT2D eigenvalue weighted by molar-refractivity contribution is 6.30. The largest absolute Gasteiger partial charge is 0.505 e. The number of carboxylic acid groups (broad SMARTS) is 1. The molecule has 1 heterocycles. The molecule has 0 aliphatic rings. The number of aromatic nitrogens is 1. The average Bonchev–Trinajstić information content (AvgIpc) is 2.45. The first-order valence-electron chi connectivity index (χ1n) is 6.30. The summed E-state index contributed by atoms with van der Waals surface area (Å²) in [4.78, 5) is 27.5. The first-order chi connectivity index (χ1) is 10.4. The van der Waals surface area contributed by atoms with Gasteiger partial charge in [0.2, 0.25) is 0 Å². The number of hydrogen-bond acceptors (Lipinski definition) is 4. The zero-order chi connectivity index (χ0) is 16.3. The van der Waals surface area contributed by atoms with Crippen LogP contribution in [-0.2, 0) is 4.79 Å². The molecule has 0 radical (unpaired) electrons. The van der Waals surface area contributed by atoms with Gasteiger partial charge in [-0.3, -0.25) is 9.59 Å². The standard InChI is InChI=1S/C15H13ClN2O4/c1-18(8-13(20)21)15(22)14-12(19)6-10(7-17-14)9-3-2-4-11(16)5-9/h2-7,19H,8H2,1H3,(H,20,21). The first-order valence-corrected chi connectivity index (χ1v) is 6.68. The van der Waals surface area contributed by atoms with Crippen molar-refractivity contribution in [3.05, 3.63) is 47.2 Å². The molecule has 0 spiro atoms. The fourth-order valence-corrected chi connectivity index (χ4v) is 2.09. The van der Waals surface area contributed by atoms with Crippen LogP contribution in [-0.4, -0.2) is 45.6 Å². The van der Waals surface area contributed by atoms with E-state index in [-0.39, 0.29) is 11.4 Å². The minimum atomic E-state index is -1.15. The summed E-state index contributed by atoms with van der Waals surface area (Å²) in [5.74, 6) is -2.14. The number of carbonyl (C=O) groups excluding carboxylic acids is 1. The second kappa shape index (κ2) is 6.44. The number of carboxylic acids is 1. The Morgan fingerprint density at radius 3 is 2.59 bits per heavy atom. The number of nitrogens with zero attached hydrogens (tertiary/aromatic N) is 2. The van der Waals surface area contributed by atoms with Crippen molar-refractivity contribution < 1.29 is 19.8 Å². The van der Waals surface area contributed by atoms with E-state index in [4.69, 9.17) is 16.7 Å². The van der Waals surface area contributed by atoms with Gasteiger partial charge < -0.3 is 15.1 Å². The van der Waals surface area contributed by atoms with Crippen LogP contribution in [0.25, 0.3) is 11.1 Å². The number of amides is 1. The molecule has 1 aromatic carbocycles. The fraction of sp³-hybridized carbons (Fsp3) is 0.133. The Bertz CT molecular complexity index is 733. The monoisotopic (exact) mass is 320 g/mol. The molecule has 2 rings (SSSR count). The molecule has 2 aromatic rings. The topological polar surface area (TPSA) is 90.7 Å². The smallest absolute Gasteiger partial charge is 0.323 e. The lowest BCUT2D eigenvalue weighted by molar-refractivity contribution is -0.137. The van der Waals surface area contributed by atoms with Crippen LogP contribution in [0, 0.1) is 0 Å². The van der Waals surface area contributed by atoms with Crippen LogP contribution in [0.3, 0.4) is 0 Å². The summed E-state index contributed by atoms with van der Waals surface area (Å²) in [7, 11) is 1.32. The molecule has 114 valence electrons. The van der Waals surface area contributed by atoms with E-state index in [1.807, 2.05) is 0 Å². The molecule has 0 saturated carbocycles. The summed E-state index contributed by atoms with van der Waals surface area (Å²) in [6.45, 7) is -0.476. The molecule has 1 aromatic heterocycles. The Morgan fingerprint density at radius 2 is 2.00 bits per heavy atom. The van der Waals surface area contributed by atoms with Gasteiger partial charge in [0.1, 0.15) is 12.3 Å². The maximum atomic E-state index is 12.0. The third-order valence-electron chi connectivity index (χ3n) is 2.95. The highest BCUT2D eigenvalue weighted by atomic mass is 35.5. The number of likely N-dealkylation sites (N-methyl/N-ethyl adjacent to an activating group) is 1. The number of pyridine rings is 1. The lowest BCUT2D eigenvalue weighted by Crippen LogP contribution is -2.32. The molecular formula is C15H13ClN2O4. The second-order valence-corrected chi connectivity index (χ2v) is 5.09. The summed E-state index contributed by atoms with van der Waals surface area (Å²) in [6.07, 6.45) is 1.42. The van der Waals surface area contributed by atoms with Gasteiger partial charge in [0.15, 0.2) is 5.69 Å². The van der Waals surface area contributed by atoms with Gasteiger partial charge in [-0.25, -0.2) is 4.98 Å². The Labute approximate surface area is 131 Å². The van der Waals surface area contributed by atoms with Crippen molar-refractivity contribution in [2.45, 2.75) is 0 Å². The van der Waals surface area contributed by atoms with Crippen molar-refractivity contribution in [3.63, 3.8) is 0 Å². The summed E-state index contributed by atoms with van der Waals surface area (Å²) in [5.41, 5.74) is 1.14. The van der Waals surface area contributed by atoms with Gasteiger partial charge in [-0.1, -0.05) is 23.7 Å².